The monoisotopic (exact) mass is 356 g/mol. The summed E-state index contributed by atoms with van der Waals surface area (Å²) in [6, 6.07) is 10.00. The molecule has 5 nitrogen and oxygen atoms in total. The Balaban J connectivity index is 1.51. The molecule has 0 aliphatic rings. The third kappa shape index (κ3) is 2.81. The van der Waals surface area contributed by atoms with Crippen molar-refractivity contribution in [3.05, 3.63) is 57.3 Å². The molecule has 4 rings (SSSR count). The van der Waals surface area contributed by atoms with Crippen LogP contribution in [0.25, 0.3) is 15.0 Å². The second kappa shape index (κ2) is 6.33. The highest BCUT2D eigenvalue weighted by Gasteiger charge is 2.09. The average molecular weight is 356 g/mol. The van der Waals surface area contributed by atoms with Crippen LogP contribution >= 0.6 is 22.7 Å². The molecule has 7 heteroatoms. The lowest BCUT2D eigenvalue weighted by Crippen LogP contribution is -2.15. The van der Waals surface area contributed by atoms with E-state index in [0.29, 0.717) is 4.96 Å². The first kappa shape index (κ1) is 15.3. The summed E-state index contributed by atoms with van der Waals surface area (Å²) < 4.78 is 2.68. The average Bonchev–Trinajstić information content (AvgIpc) is 3.19. The van der Waals surface area contributed by atoms with Crippen molar-refractivity contribution in [2.75, 3.05) is 11.9 Å². The smallest absolute Gasteiger partial charge is 0.275 e. The number of hydrogen-bond acceptors (Lipinski definition) is 6. The van der Waals surface area contributed by atoms with Crippen LogP contribution in [0.3, 0.4) is 0 Å². The number of hydrogen-bond donors (Lipinski definition) is 1. The van der Waals surface area contributed by atoms with Gasteiger partial charge in [-0.1, -0.05) is 36.5 Å². The topological polar surface area (TPSA) is 59.3 Å². The SMILES string of the molecule is CCc1cc(=O)n2nc(NCCc3csc4ccccc34)sc2n1. The van der Waals surface area contributed by atoms with Crippen molar-refractivity contribution in [1.29, 1.82) is 0 Å². The van der Waals surface area contributed by atoms with Gasteiger partial charge in [-0.15, -0.1) is 16.4 Å². The fourth-order valence-corrected chi connectivity index (χ4v) is 4.49. The molecule has 0 saturated heterocycles. The van der Waals surface area contributed by atoms with Crippen LogP contribution in [-0.4, -0.2) is 21.1 Å². The maximum absolute atomic E-state index is 12.0. The normalized spacial score (nSPS) is 11.4. The van der Waals surface area contributed by atoms with Gasteiger partial charge in [0.15, 0.2) is 0 Å². The molecule has 0 saturated carbocycles. The first-order chi connectivity index (χ1) is 11.7. The molecule has 0 aliphatic heterocycles. The van der Waals surface area contributed by atoms with Gasteiger partial charge in [0.2, 0.25) is 10.1 Å². The summed E-state index contributed by atoms with van der Waals surface area (Å²) in [5, 5.41) is 11.9. The quantitative estimate of drug-likeness (QED) is 0.594. The summed E-state index contributed by atoms with van der Waals surface area (Å²) in [7, 11) is 0. The fraction of sp³-hybridized carbons (Fsp3) is 0.235. The van der Waals surface area contributed by atoms with Gasteiger partial charge in [-0.05, 0) is 35.2 Å². The lowest BCUT2D eigenvalue weighted by Gasteiger charge is -2.01. The van der Waals surface area contributed by atoms with Gasteiger partial charge >= 0.3 is 0 Å². The number of aromatic nitrogens is 3. The van der Waals surface area contributed by atoms with E-state index in [2.05, 4.69) is 45.0 Å². The van der Waals surface area contributed by atoms with Crippen molar-refractivity contribution in [3.63, 3.8) is 0 Å². The maximum atomic E-state index is 12.0. The molecule has 122 valence electrons. The van der Waals surface area contributed by atoms with Crippen molar-refractivity contribution in [2.45, 2.75) is 19.8 Å². The van der Waals surface area contributed by atoms with Crippen molar-refractivity contribution < 1.29 is 0 Å². The van der Waals surface area contributed by atoms with Gasteiger partial charge in [0, 0.05) is 23.0 Å². The van der Waals surface area contributed by atoms with E-state index in [1.54, 1.807) is 17.4 Å². The molecule has 1 N–H and O–H groups in total. The molecule has 0 amide bonds. The van der Waals surface area contributed by atoms with E-state index in [4.69, 9.17) is 0 Å². The third-order valence-corrected chi connectivity index (χ3v) is 5.77. The van der Waals surface area contributed by atoms with Gasteiger partial charge in [-0.3, -0.25) is 4.79 Å². The predicted octanol–water partition coefficient (Wildman–Crippen LogP) is 3.58. The van der Waals surface area contributed by atoms with E-state index < -0.39 is 0 Å². The largest absolute Gasteiger partial charge is 0.360 e. The van der Waals surface area contributed by atoms with Crippen molar-refractivity contribution in [3.8, 4) is 0 Å². The highest BCUT2D eigenvalue weighted by Crippen LogP contribution is 2.26. The van der Waals surface area contributed by atoms with Crippen LogP contribution in [0, 0.1) is 0 Å². The highest BCUT2D eigenvalue weighted by molar-refractivity contribution is 7.20. The van der Waals surface area contributed by atoms with Gasteiger partial charge in [0.1, 0.15) is 0 Å². The molecule has 0 fully saturated rings. The number of benzene rings is 1. The summed E-state index contributed by atoms with van der Waals surface area (Å²) in [5.41, 5.74) is 2.03. The molecular formula is C17H16N4OS2. The number of nitrogens with one attached hydrogen (secondary N) is 1. The number of fused-ring (bicyclic) bond motifs is 2. The van der Waals surface area contributed by atoms with E-state index in [9.17, 15) is 4.79 Å². The zero-order valence-electron chi connectivity index (χ0n) is 13.2. The first-order valence-corrected chi connectivity index (χ1v) is 9.53. The van der Waals surface area contributed by atoms with Crippen LogP contribution in [0.15, 0.2) is 40.5 Å². The van der Waals surface area contributed by atoms with Crippen LogP contribution in [0.2, 0.25) is 0 Å². The number of anilines is 1. The lowest BCUT2D eigenvalue weighted by atomic mass is 10.1. The number of rotatable bonds is 5. The molecule has 3 heterocycles. The third-order valence-electron chi connectivity index (χ3n) is 3.89. The first-order valence-electron chi connectivity index (χ1n) is 7.83. The summed E-state index contributed by atoms with van der Waals surface area (Å²) in [4.78, 5) is 17.1. The molecule has 4 aromatic rings. The van der Waals surface area contributed by atoms with E-state index in [1.165, 1.54) is 31.5 Å². The number of nitrogens with zero attached hydrogens (tertiary/aromatic N) is 3. The Bertz CT molecular complexity index is 1060. The van der Waals surface area contributed by atoms with Gasteiger partial charge < -0.3 is 5.32 Å². The summed E-state index contributed by atoms with van der Waals surface area (Å²) in [6.07, 6.45) is 1.67. The van der Waals surface area contributed by atoms with Crippen molar-refractivity contribution in [2.24, 2.45) is 0 Å². The number of thiophene rings is 1. The Morgan fingerprint density at radius 2 is 2.17 bits per heavy atom. The minimum absolute atomic E-state index is 0.120. The van der Waals surface area contributed by atoms with Crippen molar-refractivity contribution >= 4 is 42.9 Å². The van der Waals surface area contributed by atoms with Crippen LogP contribution in [-0.2, 0) is 12.8 Å². The fourth-order valence-electron chi connectivity index (χ4n) is 2.64. The molecule has 0 bridgehead atoms. The van der Waals surface area contributed by atoms with Gasteiger partial charge in [0.05, 0.1) is 0 Å². The Hall–Kier alpha value is -2.25. The highest BCUT2D eigenvalue weighted by atomic mass is 32.1. The second-order valence-corrected chi connectivity index (χ2v) is 7.34. The van der Waals surface area contributed by atoms with E-state index in [-0.39, 0.29) is 5.56 Å². The van der Waals surface area contributed by atoms with E-state index >= 15 is 0 Å². The van der Waals surface area contributed by atoms with E-state index in [1.807, 2.05) is 6.92 Å². The summed E-state index contributed by atoms with van der Waals surface area (Å²) >= 11 is 3.19. The minimum atomic E-state index is -0.120. The zero-order chi connectivity index (χ0) is 16.5. The molecule has 0 aliphatic carbocycles. The molecule has 1 aromatic carbocycles. The molecule has 0 spiro atoms. The Morgan fingerprint density at radius 3 is 3.04 bits per heavy atom. The molecular weight excluding hydrogens is 340 g/mol. The van der Waals surface area contributed by atoms with Crippen LogP contribution < -0.4 is 10.9 Å². The molecule has 0 atom stereocenters. The molecule has 24 heavy (non-hydrogen) atoms. The van der Waals surface area contributed by atoms with Crippen LogP contribution in [0.1, 0.15) is 18.2 Å². The van der Waals surface area contributed by atoms with Gasteiger partial charge in [-0.25, -0.2) is 4.98 Å². The van der Waals surface area contributed by atoms with E-state index in [0.717, 1.165) is 30.2 Å². The Morgan fingerprint density at radius 1 is 1.29 bits per heavy atom. The predicted molar refractivity (Wildman–Crippen MR) is 101 cm³/mol. The minimum Gasteiger partial charge on any atom is -0.360 e. The van der Waals surface area contributed by atoms with Crippen LogP contribution in [0.4, 0.5) is 5.13 Å². The van der Waals surface area contributed by atoms with Crippen LogP contribution in [0.5, 0.6) is 0 Å². The number of aryl methyl sites for hydroxylation is 1. The Labute approximate surface area is 146 Å². The maximum Gasteiger partial charge on any atom is 0.275 e. The van der Waals surface area contributed by atoms with Gasteiger partial charge in [0.25, 0.3) is 5.56 Å². The second-order valence-electron chi connectivity index (χ2n) is 5.47. The Kier molecular flexibility index (Phi) is 4.03. The van der Waals surface area contributed by atoms with Gasteiger partial charge in [-0.2, -0.15) is 4.52 Å². The summed E-state index contributed by atoms with van der Waals surface area (Å²) in [5.74, 6) is 0. The molecule has 0 unspecified atom stereocenters. The zero-order valence-corrected chi connectivity index (χ0v) is 14.8. The lowest BCUT2D eigenvalue weighted by molar-refractivity contribution is 0.872. The summed E-state index contributed by atoms with van der Waals surface area (Å²) in [6.45, 7) is 2.76. The standard InChI is InChI=1S/C17H16N4OS2/c1-2-12-9-15(22)21-17(19-12)24-16(20-21)18-8-7-11-10-23-14-6-4-3-5-13(11)14/h3-6,9-10H,2,7-8H2,1H3,(H,18,20). The molecule has 3 aromatic heterocycles. The van der Waals surface area contributed by atoms with Crippen molar-refractivity contribution in [1.82, 2.24) is 14.6 Å². The molecule has 0 radical (unpaired) electrons.